The molecule has 1 saturated carbocycles. The highest BCUT2D eigenvalue weighted by Gasteiger charge is 2.42. The van der Waals surface area contributed by atoms with Gasteiger partial charge in [-0.3, -0.25) is 9.59 Å². The maximum absolute atomic E-state index is 13.1. The summed E-state index contributed by atoms with van der Waals surface area (Å²) in [5, 5.41) is 22.6. The van der Waals surface area contributed by atoms with E-state index in [0.717, 1.165) is 22.4 Å². The molecule has 2 aromatic carbocycles. The standard InChI is InChI=1S/C29H27N3O4.C2H6/c1-18(19(2)33)15-20-8-10-21(11-9-20)22-5-3-6-23(16-22)32-17-25(28(35)31-29(36)12-13-29)26(34)24-7-4-14-30-27(24)32;1-2/h3-11,14,16-18,33,36H,2,12-13,15H2,1H3,(H,31,35);1-2H3. The fourth-order valence-corrected chi connectivity index (χ4v) is 4.18. The molecular weight excluding hydrogens is 478 g/mol. The van der Waals surface area contributed by atoms with Crippen molar-refractivity contribution in [2.45, 2.75) is 45.8 Å². The molecule has 2 heterocycles. The molecule has 1 amide bonds. The molecule has 5 rings (SSSR count). The van der Waals surface area contributed by atoms with Gasteiger partial charge in [0.05, 0.1) is 11.1 Å². The van der Waals surface area contributed by atoms with E-state index in [1.807, 2.05) is 69.3 Å². The minimum absolute atomic E-state index is 0.0210. The van der Waals surface area contributed by atoms with E-state index in [4.69, 9.17) is 0 Å². The molecule has 0 saturated heterocycles. The molecule has 7 nitrogen and oxygen atoms in total. The number of fused-ring (bicyclic) bond motifs is 1. The topological polar surface area (TPSA) is 104 Å². The second kappa shape index (κ2) is 11.0. The third-order valence-corrected chi connectivity index (χ3v) is 6.60. The van der Waals surface area contributed by atoms with Gasteiger partial charge in [-0.25, -0.2) is 4.98 Å². The predicted octanol–water partition coefficient (Wildman–Crippen LogP) is 5.54. The lowest BCUT2D eigenvalue weighted by atomic mass is 9.97. The van der Waals surface area contributed by atoms with Crippen LogP contribution in [0.3, 0.4) is 0 Å². The van der Waals surface area contributed by atoms with Crippen molar-refractivity contribution >= 4 is 16.9 Å². The average Bonchev–Trinajstić information content (AvgIpc) is 3.66. The SMILES string of the molecule is C=C(O)C(C)Cc1ccc(-c2cccc(-n3cc(C(=O)NC4(O)CC4)c(=O)c4cccnc43)c2)cc1.CC. The summed E-state index contributed by atoms with van der Waals surface area (Å²) in [5.74, 6) is -0.452. The Balaban J connectivity index is 0.00000164. The second-order valence-electron chi connectivity index (χ2n) is 9.45. The molecule has 0 radical (unpaired) electrons. The zero-order chi connectivity index (χ0) is 27.4. The minimum atomic E-state index is -1.23. The summed E-state index contributed by atoms with van der Waals surface area (Å²) in [4.78, 5) is 30.4. The van der Waals surface area contributed by atoms with Crippen LogP contribution in [0.2, 0.25) is 0 Å². The number of nitrogens with one attached hydrogen (secondary N) is 1. The largest absolute Gasteiger partial charge is 0.513 e. The minimum Gasteiger partial charge on any atom is -0.513 e. The van der Waals surface area contributed by atoms with Gasteiger partial charge in [-0.15, -0.1) is 0 Å². The first-order valence-electron chi connectivity index (χ1n) is 12.9. The molecule has 0 spiro atoms. The van der Waals surface area contributed by atoms with Crippen molar-refractivity contribution in [3.8, 4) is 16.8 Å². The fraction of sp³-hybridized carbons (Fsp3) is 0.258. The van der Waals surface area contributed by atoms with Gasteiger partial charge in [0.15, 0.2) is 0 Å². The molecule has 1 fully saturated rings. The Bertz CT molecular complexity index is 1540. The number of aromatic nitrogens is 2. The van der Waals surface area contributed by atoms with Crippen LogP contribution in [0.25, 0.3) is 27.8 Å². The molecule has 4 aromatic rings. The van der Waals surface area contributed by atoms with Crippen LogP contribution < -0.4 is 10.7 Å². The van der Waals surface area contributed by atoms with Crippen molar-refractivity contribution in [2.75, 3.05) is 0 Å². The maximum atomic E-state index is 13.1. The smallest absolute Gasteiger partial charge is 0.258 e. The van der Waals surface area contributed by atoms with Crippen LogP contribution in [0.15, 0.2) is 90.2 Å². The quantitative estimate of drug-likeness (QED) is 0.223. The summed E-state index contributed by atoms with van der Waals surface area (Å²) < 4.78 is 1.73. The van der Waals surface area contributed by atoms with Gasteiger partial charge in [-0.2, -0.15) is 0 Å². The summed E-state index contributed by atoms with van der Waals surface area (Å²) in [5.41, 5.74) is 2.53. The molecule has 2 aromatic heterocycles. The van der Waals surface area contributed by atoms with Crippen molar-refractivity contribution < 1.29 is 15.0 Å². The fourth-order valence-electron chi connectivity index (χ4n) is 4.18. The van der Waals surface area contributed by atoms with Gasteiger partial charge in [0.1, 0.15) is 16.9 Å². The lowest BCUT2D eigenvalue weighted by Gasteiger charge is -2.15. The van der Waals surface area contributed by atoms with E-state index in [1.165, 1.54) is 6.20 Å². The number of aliphatic hydroxyl groups is 2. The molecule has 38 heavy (non-hydrogen) atoms. The van der Waals surface area contributed by atoms with E-state index in [9.17, 15) is 19.8 Å². The molecule has 1 aliphatic carbocycles. The van der Waals surface area contributed by atoms with Crippen LogP contribution in [0.5, 0.6) is 0 Å². The number of rotatable bonds is 7. The Morgan fingerprint density at radius 2 is 1.82 bits per heavy atom. The first-order valence-corrected chi connectivity index (χ1v) is 12.9. The number of carbonyl (C=O) groups is 1. The number of carbonyl (C=O) groups excluding carboxylic acids is 1. The van der Waals surface area contributed by atoms with Crippen LogP contribution in [0, 0.1) is 5.92 Å². The van der Waals surface area contributed by atoms with E-state index in [-0.39, 0.29) is 17.2 Å². The monoisotopic (exact) mass is 511 g/mol. The predicted molar refractivity (Wildman–Crippen MR) is 150 cm³/mol. The Morgan fingerprint density at radius 3 is 2.47 bits per heavy atom. The van der Waals surface area contributed by atoms with Crippen molar-refractivity contribution in [3.05, 3.63) is 107 Å². The molecule has 3 N–H and O–H groups in total. The van der Waals surface area contributed by atoms with Crippen LogP contribution in [0.4, 0.5) is 0 Å². The Labute approximate surface area is 222 Å². The summed E-state index contributed by atoms with van der Waals surface area (Å²) in [6.07, 6.45) is 4.73. The Hall–Kier alpha value is -4.23. The number of aliphatic hydroxyl groups excluding tert-OH is 1. The third kappa shape index (κ3) is 5.68. The van der Waals surface area contributed by atoms with Gasteiger partial charge >= 0.3 is 0 Å². The maximum Gasteiger partial charge on any atom is 0.258 e. The van der Waals surface area contributed by atoms with E-state index < -0.39 is 17.1 Å². The number of allylic oxidation sites excluding steroid dienone is 1. The first-order chi connectivity index (χ1) is 18.2. The lowest BCUT2D eigenvalue weighted by Crippen LogP contribution is -2.39. The van der Waals surface area contributed by atoms with Crippen molar-refractivity contribution in [1.82, 2.24) is 14.9 Å². The molecule has 7 heteroatoms. The highest BCUT2D eigenvalue weighted by Crippen LogP contribution is 2.32. The van der Waals surface area contributed by atoms with Crippen molar-refractivity contribution in [1.29, 1.82) is 0 Å². The third-order valence-electron chi connectivity index (χ3n) is 6.60. The van der Waals surface area contributed by atoms with Gasteiger partial charge in [0, 0.05) is 24.0 Å². The van der Waals surface area contributed by atoms with Crippen LogP contribution in [-0.2, 0) is 6.42 Å². The number of hydrogen-bond donors (Lipinski definition) is 3. The summed E-state index contributed by atoms with van der Waals surface area (Å²) in [7, 11) is 0. The lowest BCUT2D eigenvalue weighted by molar-refractivity contribution is 0.0713. The van der Waals surface area contributed by atoms with Gasteiger partial charge < -0.3 is 20.1 Å². The van der Waals surface area contributed by atoms with E-state index >= 15 is 0 Å². The van der Waals surface area contributed by atoms with Crippen LogP contribution >= 0.6 is 0 Å². The number of hydrogen-bond acceptors (Lipinski definition) is 5. The van der Waals surface area contributed by atoms with E-state index in [2.05, 4.69) is 16.9 Å². The van der Waals surface area contributed by atoms with E-state index in [0.29, 0.717) is 30.3 Å². The van der Waals surface area contributed by atoms with Gasteiger partial charge in [-0.05, 0) is 60.2 Å². The molecule has 1 atom stereocenters. The normalized spacial score (nSPS) is 14.2. The number of benzene rings is 2. The van der Waals surface area contributed by atoms with Crippen LogP contribution in [0.1, 0.15) is 49.5 Å². The highest BCUT2D eigenvalue weighted by atomic mass is 16.3. The molecular formula is C31H33N3O4. The van der Waals surface area contributed by atoms with Gasteiger partial charge in [-0.1, -0.05) is 63.7 Å². The van der Waals surface area contributed by atoms with Crippen molar-refractivity contribution in [2.24, 2.45) is 5.92 Å². The van der Waals surface area contributed by atoms with Crippen molar-refractivity contribution in [3.63, 3.8) is 0 Å². The first kappa shape index (κ1) is 26.8. The number of amides is 1. The summed E-state index contributed by atoms with van der Waals surface area (Å²) in [6.45, 7) is 9.54. The van der Waals surface area contributed by atoms with Gasteiger partial charge in [0.2, 0.25) is 5.43 Å². The average molecular weight is 512 g/mol. The number of nitrogens with zero attached hydrogens (tertiary/aromatic N) is 2. The highest BCUT2D eigenvalue weighted by molar-refractivity contribution is 5.97. The van der Waals surface area contributed by atoms with E-state index in [1.54, 1.807) is 22.9 Å². The second-order valence-corrected chi connectivity index (χ2v) is 9.45. The zero-order valence-corrected chi connectivity index (χ0v) is 21.9. The summed E-state index contributed by atoms with van der Waals surface area (Å²) >= 11 is 0. The Kier molecular flexibility index (Phi) is 7.78. The van der Waals surface area contributed by atoms with Crippen LogP contribution in [-0.4, -0.2) is 31.4 Å². The molecule has 0 aliphatic heterocycles. The molecule has 1 aliphatic rings. The Morgan fingerprint density at radius 1 is 1.11 bits per heavy atom. The van der Waals surface area contributed by atoms with Gasteiger partial charge in [0.25, 0.3) is 5.91 Å². The number of pyridine rings is 2. The zero-order valence-electron chi connectivity index (χ0n) is 21.9. The molecule has 0 bridgehead atoms. The molecule has 1 unspecified atom stereocenters. The summed E-state index contributed by atoms with van der Waals surface area (Å²) in [6, 6.07) is 19.2. The molecule has 196 valence electrons.